The van der Waals surface area contributed by atoms with Crippen LogP contribution in [0.4, 0.5) is 0 Å². The number of fused-ring (bicyclic) bond motifs is 2. The second kappa shape index (κ2) is 9.25. The first-order valence-corrected chi connectivity index (χ1v) is 9.14. The zero-order valence-corrected chi connectivity index (χ0v) is 16.0. The van der Waals surface area contributed by atoms with Gasteiger partial charge in [-0.15, -0.1) is 12.4 Å². The molecule has 0 aliphatic carbocycles. The summed E-state index contributed by atoms with van der Waals surface area (Å²) in [7, 11) is 0. The van der Waals surface area contributed by atoms with Gasteiger partial charge in [0.1, 0.15) is 5.75 Å². The van der Waals surface area contributed by atoms with Gasteiger partial charge >= 0.3 is 0 Å². The van der Waals surface area contributed by atoms with Crippen LogP contribution >= 0.6 is 12.4 Å². The molecule has 2 heterocycles. The quantitative estimate of drug-likeness (QED) is 0.773. The Balaban J connectivity index is 0.00000225. The van der Waals surface area contributed by atoms with Gasteiger partial charge in [-0.1, -0.05) is 31.2 Å². The lowest BCUT2D eigenvalue weighted by atomic mass is 10.1. The highest BCUT2D eigenvalue weighted by molar-refractivity contribution is 5.85. The molecule has 5 heteroatoms. The molecule has 1 aromatic carbocycles. The largest absolute Gasteiger partial charge is 0.494 e. The van der Waals surface area contributed by atoms with Crippen LogP contribution < -0.4 is 4.74 Å². The SMILES string of the molecule is CCOc1ccc(/C=C/CN2C3CCC2CN(C(=O)CC)C3)cc1.Cl. The smallest absolute Gasteiger partial charge is 0.222 e. The zero-order valence-electron chi connectivity index (χ0n) is 15.2. The molecule has 2 bridgehead atoms. The van der Waals surface area contributed by atoms with E-state index in [1.165, 1.54) is 18.4 Å². The highest BCUT2D eigenvalue weighted by atomic mass is 35.5. The number of piperazine rings is 1. The minimum absolute atomic E-state index is 0. The molecular formula is C20H29ClN2O2. The first-order valence-electron chi connectivity index (χ1n) is 9.14. The molecule has 2 aliphatic heterocycles. The van der Waals surface area contributed by atoms with Crippen LogP contribution in [0.25, 0.3) is 6.08 Å². The number of halogens is 1. The molecule has 25 heavy (non-hydrogen) atoms. The summed E-state index contributed by atoms with van der Waals surface area (Å²) in [5.74, 6) is 1.22. The topological polar surface area (TPSA) is 32.8 Å². The minimum Gasteiger partial charge on any atom is -0.494 e. The molecule has 1 amide bonds. The Labute approximate surface area is 157 Å². The molecular weight excluding hydrogens is 336 g/mol. The molecule has 0 radical (unpaired) electrons. The number of likely N-dealkylation sites (tertiary alicyclic amines) is 1. The van der Waals surface area contributed by atoms with Crippen LogP contribution in [-0.4, -0.2) is 54.0 Å². The molecule has 2 aliphatic rings. The molecule has 0 aromatic heterocycles. The van der Waals surface area contributed by atoms with Crippen molar-refractivity contribution in [3.63, 3.8) is 0 Å². The van der Waals surface area contributed by atoms with Crippen molar-refractivity contribution < 1.29 is 9.53 Å². The van der Waals surface area contributed by atoms with Gasteiger partial charge in [0.25, 0.3) is 0 Å². The van der Waals surface area contributed by atoms with E-state index in [9.17, 15) is 4.79 Å². The normalized spacial score (nSPS) is 22.9. The van der Waals surface area contributed by atoms with Gasteiger partial charge in [-0.05, 0) is 37.5 Å². The molecule has 1 aromatic rings. The molecule has 2 fully saturated rings. The van der Waals surface area contributed by atoms with E-state index in [0.29, 0.717) is 31.0 Å². The van der Waals surface area contributed by atoms with Crippen LogP contribution in [0.2, 0.25) is 0 Å². The van der Waals surface area contributed by atoms with Gasteiger partial charge in [-0.2, -0.15) is 0 Å². The molecule has 4 nitrogen and oxygen atoms in total. The fourth-order valence-corrected chi connectivity index (χ4v) is 3.87. The summed E-state index contributed by atoms with van der Waals surface area (Å²) in [6.45, 7) is 7.42. The molecule has 0 saturated carbocycles. The molecule has 3 rings (SSSR count). The van der Waals surface area contributed by atoms with Crippen molar-refractivity contribution in [3.05, 3.63) is 35.9 Å². The van der Waals surface area contributed by atoms with E-state index >= 15 is 0 Å². The van der Waals surface area contributed by atoms with Gasteiger partial charge in [0.2, 0.25) is 5.91 Å². The van der Waals surface area contributed by atoms with E-state index < -0.39 is 0 Å². The maximum Gasteiger partial charge on any atom is 0.222 e. The number of hydrogen-bond donors (Lipinski definition) is 0. The molecule has 0 N–H and O–H groups in total. The second-order valence-electron chi connectivity index (χ2n) is 6.64. The van der Waals surface area contributed by atoms with Crippen molar-refractivity contribution in [2.24, 2.45) is 0 Å². The second-order valence-corrected chi connectivity index (χ2v) is 6.64. The predicted octanol–water partition coefficient (Wildman–Crippen LogP) is 3.61. The number of carbonyl (C=O) groups excluding carboxylic acids is 1. The van der Waals surface area contributed by atoms with E-state index in [2.05, 4.69) is 34.1 Å². The lowest BCUT2D eigenvalue weighted by Gasteiger charge is -2.40. The number of nitrogens with zero attached hydrogens (tertiary/aromatic N) is 2. The minimum atomic E-state index is 0. The van der Waals surface area contributed by atoms with Crippen molar-refractivity contribution in [1.29, 1.82) is 0 Å². The summed E-state index contributed by atoms with van der Waals surface area (Å²) in [6.07, 6.45) is 7.48. The standard InChI is InChI=1S/C20H28N2O2.ClH/c1-3-20(23)21-14-17-9-10-18(15-21)22(17)13-5-6-16-7-11-19(12-8-16)24-4-2;/h5-8,11-12,17-18H,3-4,9-10,13-15H2,1-2H3;1H/b6-5+;. The van der Waals surface area contributed by atoms with E-state index in [0.717, 1.165) is 25.4 Å². The van der Waals surface area contributed by atoms with Crippen molar-refractivity contribution >= 4 is 24.4 Å². The number of benzene rings is 1. The van der Waals surface area contributed by atoms with Crippen molar-refractivity contribution in [2.75, 3.05) is 26.2 Å². The van der Waals surface area contributed by atoms with E-state index in [4.69, 9.17) is 4.74 Å². The summed E-state index contributed by atoms with van der Waals surface area (Å²) >= 11 is 0. The van der Waals surface area contributed by atoms with E-state index in [1.807, 2.05) is 26.0 Å². The van der Waals surface area contributed by atoms with Gasteiger partial charge in [0.15, 0.2) is 0 Å². The summed E-state index contributed by atoms with van der Waals surface area (Å²) in [5.41, 5.74) is 1.20. The van der Waals surface area contributed by atoms with Crippen molar-refractivity contribution in [2.45, 2.75) is 45.2 Å². The third-order valence-corrected chi connectivity index (χ3v) is 5.11. The lowest BCUT2D eigenvalue weighted by Crippen LogP contribution is -2.55. The highest BCUT2D eigenvalue weighted by Gasteiger charge is 2.40. The molecule has 138 valence electrons. The van der Waals surface area contributed by atoms with E-state index in [-0.39, 0.29) is 12.4 Å². The van der Waals surface area contributed by atoms with Crippen LogP contribution in [0.15, 0.2) is 30.3 Å². The third-order valence-electron chi connectivity index (χ3n) is 5.11. The summed E-state index contributed by atoms with van der Waals surface area (Å²) in [4.78, 5) is 16.6. The van der Waals surface area contributed by atoms with Crippen molar-refractivity contribution in [1.82, 2.24) is 9.80 Å². The maximum absolute atomic E-state index is 11.9. The number of rotatable bonds is 6. The lowest BCUT2D eigenvalue weighted by molar-refractivity contribution is -0.134. The van der Waals surface area contributed by atoms with Crippen LogP contribution in [0.3, 0.4) is 0 Å². The average molecular weight is 365 g/mol. The zero-order chi connectivity index (χ0) is 16.9. The first-order chi connectivity index (χ1) is 11.7. The molecule has 2 unspecified atom stereocenters. The van der Waals surface area contributed by atoms with Gasteiger partial charge in [-0.25, -0.2) is 0 Å². The number of carbonyl (C=O) groups is 1. The van der Waals surface area contributed by atoms with Crippen LogP contribution in [0, 0.1) is 0 Å². The van der Waals surface area contributed by atoms with Gasteiger partial charge in [0.05, 0.1) is 6.61 Å². The number of amides is 1. The van der Waals surface area contributed by atoms with Crippen LogP contribution in [0.5, 0.6) is 5.75 Å². The Morgan fingerprint density at radius 2 is 1.80 bits per heavy atom. The number of hydrogen-bond acceptors (Lipinski definition) is 3. The van der Waals surface area contributed by atoms with Gasteiger partial charge in [0, 0.05) is 38.1 Å². The number of ether oxygens (including phenoxy) is 1. The summed E-state index contributed by atoms with van der Waals surface area (Å²) in [5, 5.41) is 0. The Morgan fingerprint density at radius 1 is 1.16 bits per heavy atom. The van der Waals surface area contributed by atoms with Crippen LogP contribution in [-0.2, 0) is 4.79 Å². The van der Waals surface area contributed by atoms with E-state index in [1.54, 1.807) is 0 Å². The fraction of sp³-hybridized carbons (Fsp3) is 0.550. The Morgan fingerprint density at radius 3 is 2.36 bits per heavy atom. The van der Waals surface area contributed by atoms with Crippen molar-refractivity contribution in [3.8, 4) is 5.75 Å². The van der Waals surface area contributed by atoms with Crippen LogP contribution in [0.1, 0.15) is 38.7 Å². The monoisotopic (exact) mass is 364 g/mol. The Bertz CT molecular complexity index is 574. The maximum atomic E-state index is 11.9. The molecule has 2 saturated heterocycles. The first kappa shape index (κ1) is 19.8. The Kier molecular flexibility index (Phi) is 7.33. The fourth-order valence-electron chi connectivity index (χ4n) is 3.87. The Hall–Kier alpha value is -1.52. The summed E-state index contributed by atoms with van der Waals surface area (Å²) < 4.78 is 5.47. The molecule has 0 spiro atoms. The third kappa shape index (κ3) is 4.77. The highest BCUT2D eigenvalue weighted by Crippen LogP contribution is 2.30. The summed E-state index contributed by atoms with van der Waals surface area (Å²) in [6, 6.07) is 9.28. The average Bonchev–Trinajstić information content (AvgIpc) is 2.84. The predicted molar refractivity (Wildman–Crippen MR) is 104 cm³/mol. The van der Waals surface area contributed by atoms with Gasteiger partial charge < -0.3 is 9.64 Å². The molecule has 2 atom stereocenters. The van der Waals surface area contributed by atoms with Gasteiger partial charge in [-0.3, -0.25) is 9.69 Å².